The number of carbonyl (C=O) groups is 1. The minimum absolute atomic E-state index is 0.131. The Hall–Kier alpha value is -1.35. The van der Waals surface area contributed by atoms with E-state index < -0.39 is 0 Å². The molecule has 2 fully saturated rings. The number of hydrogen-bond donors (Lipinski definition) is 2. The van der Waals surface area contributed by atoms with Crippen LogP contribution in [-0.2, 0) is 10.2 Å². The molecule has 0 bridgehead atoms. The van der Waals surface area contributed by atoms with Crippen LogP contribution in [0.1, 0.15) is 56.1 Å². The van der Waals surface area contributed by atoms with Crippen LogP contribution in [0.25, 0.3) is 0 Å². The number of benzene rings is 1. The third kappa shape index (κ3) is 3.19. The largest absolute Gasteiger partial charge is 0.355 e. The monoisotopic (exact) mass is 300 g/mol. The third-order valence-electron chi connectivity index (χ3n) is 5.64. The standard InChI is InChI=1S/C19H28N2O/c1-14-5-4-6-16(11-14)19(9-2-3-10-19)13-21-18(22)15-7-8-17(20)12-15/h4-6,11,15,17H,2-3,7-10,12-13,20H2,1H3,(H,21,22). The van der Waals surface area contributed by atoms with Gasteiger partial charge in [0.25, 0.3) is 0 Å². The van der Waals surface area contributed by atoms with Crippen molar-refractivity contribution in [3.8, 4) is 0 Å². The highest BCUT2D eigenvalue weighted by atomic mass is 16.1. The van der Waals surface area contributed by atoms with E-state index in [1.54, 1.807) is 0 Å². The van der Waals surface area contributed by atoms with Crippen LogP contribution < -0.4 is 11.1 Å². The molecule has 0 aromatic heterocycles. The molecule has 1 aromatic carbocycles. The fraction of sp³-hybridized carbons (Fsp3) is 0.632. The average molecular weight is 300 g/mol. The first-order valence-electron chi connectivity index (χ1n) is 8.69. The molecule has 0 heterocycles. The van der Waals surface area contributed by atoms with Gasteiger partial charge in [-0.25, -0.2) is 0 Å². The lowest BCUT2D eigenvalue weighted by atomic mass is 9.78. The molecule has 0 saturated heterocycles. The number of amides is 1. The highest BCUT2D eigenvalue weighted by Crippen LogP contribution is 2.41. The van der Waals surface area contributed by atoms with Gasteiger partial charge in [0.1, 0.15) is 0 Å². The zero-order valence-corrected chi connectivity index (χ0v) is 13.6. The number of nitrogens with one attached hydrogen (secondary N) is 1. The molecule has 0 spiro atoms. The molecule has 1 amide bonds. The van der Waals surface area contributed by atoms with E-state index in [1.807, 2.05) is 0 Å². The Labute approximate surface area is 133 Å². The summed E-state index contributed by atoms with van der Waals surface area (Å²) < 4.78 is 0. The SMILES string of the molecule is Cc1cccc(C2(CNC(=O)C3CCC(N)C3)CCCC2)c1. The van der Waals surface area contributed by atoms with E-state index in [2.05, 4.69) is 36.5 Å². The molecule has 0 radical (unpaired) electrons. The van der Waals surface area contributed by atoms with Crippen molar-refractivity contribution in [2.75, 3.05) is 6.54 Å². The van der Waals surface area contributed by atoms with Gasteiger partial charge in [0.05, 0.1) is 0 Å². The maximum atomic E-state index is 12.4. The Morgan fingerprint density at radius 1 is 1.32 bits per heavy atom. The van der Waals surface area contributed by atoms with Crippen molar-refractivity contribution in [3.63, 3.8) is 0 Å². The van der Waals surface area contributed by atoms with Crippen molar-refractivity contribution in [2.45, 2.75) is 63.3 Å². The summed E-state index contributed by atoms with van der Waals surface area (Å²) in [7, 11) is 0. The molecular weight excluding hydrogens is 272 g/mol. The number of carbonyl (C=O) groups excluding carboxylic acids is 1. The molecule has 2 aliphatic rings. The van der Waals surface area contributed by atoms with Crippen molar-refractivity contribution < 1.29 is 4.79 Å². The van der Waals surface area contributed by atoms with Crippen LogP contribution in [0.5, 0.6) is 0 Å². The Bertz CT molecular complexity index is 534. The minimum atomic E-state index is 0.131. The van der Waals surface area contributed by atoms with Gasteiger partial charge in [0.15, 0.2) is 0 Å². The van der Waals surface area contributed by atoms with E-state index in [0.717, 1.165) is 25.8 Å². The topological polar surface area (TPSA) is 55.1 Å². The normalized spacial score (nSPS) is 27.0. The number of nitrogens with two attached hydrogens (primary N) is 1. The second-order valence-corrected chi connectivity index (χ2v) is 7.34. The van der Waals surface area contributed by atoms with E-state index >= 15 is 0 Å². The zero-order valence-electron chi connectivity index (χ0n) is 13.6. The van der Waals surface area contributed by atoms with Gasteiger partial charge in [-0.2, -0.15) is 0 Å². The number of rotatable bonds is 4. The smallest absolute Gasteiger partial charge is 0.223 e. The van der Waals surface area contributed by atoms with Crippen LogP contribution >= 0.6 is 0 Å². The summed E-state index contributed by atoms with van der Waals surface area (Å²) in [6, 6.07) is 9.03. The first kappa shape index (κ1) is 15.5. The zero-order chi connectivity index (χ0) is 15.6. The first-order valence-corrected chi connectivity index (χ1v) is 8.69. The molecule has 3 N–H and O–H groups in total. The van der Waals surface area contributed by atoms with Crippen molar-refractivity contribution in [1.29, 1.82) is 0 Å². The quantitative estimate of drug-likeness (QED) is 0.898. The maximum absolute atomic E-state index is 12.4. The molecule has 3 rings (SSSR count). The Morgan fingerprint density at radius 2 is 2.09 bits per heavy atom. The van der Waals surface area contributed by atoms with Gasteiger partial charge in [-0.1, -0.05) is 42.7 Å². The summed E-state index contributed by atoms with van der Waals surface area (Å²) in [5.41, 5.74) is 8.78. The first-order chi connectivity index (χ1) is 10.6. The summed E-state index contributed by atoms with van der Waals surface area (Å²) in [6.07, 6.45) is 7.67. The van der Waals surface area contributed by atoms with Crippen LogP contribution in [0.2, 0.25) is 0 Å². The number of aryl methyl sites for hydroxylation is 1. The predicted molar refractivity (Wildman–Crippen MR) is 89.7 cm³/mol. The van der Waals surface area contributed by atoms with Crippen LogP contribution in [-0.4, -0.2) is 18.5 Å². The molecule has 2 atom stereocenters. The lowest BCUT2D eigenvalue weighted by Crippen LogP contribution is -2.41. The summed E-state index contributed by atoms with van der Waals surface area (Å²) in [4.78, 5) is 12.4. The van der Waals surface area contributed by atoms with E-state index in [-0.39, 0.29) is 23.3 Å². The van der Waals surface area contributed by atoms with E-state index in [0.29, 0.717) is 0 Å². The molecule has 2 aliphatic carbocycles. The highest BCUT2D eigenvalue weighted by Gasteiger charge is 2.37. The Morgan fingerprint density at radius 3 is 2.73 bits per heavy atom. The van der Waals surface area contributed by atoms with Crippen molar-refractivity contribution in [2.24, 2.45) is 11.7 Å². The fourth-order valence-corrected chi connectivity index (χ4v) is 4.25. The average Bonchev–Trinajstić information content (AvgIpc) is 3.15. The second-order valence-electron chi connectivity index (χ2n) is 7.34. The summed E-state index contributed by atoms with van der Waals surface area (Å²) in [5, 5.41) is 3.25. The summed E-state index contributed by atoms with van der Waals surface area (Å²) in [5.74, 6) is 0.345. The van der Waals surface area contributed by atoms with Crippen LogP contribution in [0, 0.1) is 12.8 Å². The number of hydrogen-bond acceptors (Lipinski definition) is 2. The summed E-state index contributed by atoms with van der Waals surface area (Å²) in [6.45, 7) is 2.92. The maximum Gasteiger partial charge on any atom is 0.223 e. The molecular formula is C19H28N2O. The van der Waals surface area contributed by atoms with Gasteiger partial charge in [-0.3, -0.25) is 4.79 Å². The molecule has 3 heteroatoms. The van der Waals surface area contributed by atoms with Gasteiger partial charge in [0.2, 0.25) is 5.91 Å². The Kier molecular flexibility index (Phi) is 4.53. The van der Waals surface area contributed by atoms with Gasteiger partial charge in [-0.15, -0.1) is 0 Å². The lowest BCUT2D eigenvalue weighted by Gasteiger charge is -2.31. The van der Waals surface area contributed by atoms with Crippen LogP contribution in [0.4, 0.5) is 0 Å². The molecule has 2 unspecified atom stereocenters. The lowest BCUT2D eigenvalue weighted by molar-refractivity contribution is -0.125. The third-order valence-corrected chi connectivity index (χ3v) is 5.64. The van der Waals surface area contributed by atoms with Crippen molar-refractivity contribution in [1.82, 2.24) is 5.32 Å². The van der Waals surface area contributed by atoms with Gasteiger partial charge in [0, 0.05) is 23.9 Å². The fourth-order valence-electron chi connectivity index (χ4n) is 4.25. The van der Waals surface area contributed by atoms with Crippen molar-refractivity contribution >= 4 is 5.91 Å². The predicted octanol–water partition coefficient (Wildman–Crippen LogP) is 3.05. The minimum Gasteiger partial charge on any atom is -0.355 e. The van der Waals surface area contributed by atoms with Gasteiger partial charge >= 0.3 is 0 Å². The Balaban J connectivity index is 1.68. The van der Waals surface area contributed by atoms with E-state index in [9.17, 15) is 4.79 Å². The molecule has 22 heavy (non-hydrogen) atoms. The molecule has 120 valence electrons. The van der Waals surface area contributed by atoms with Gasteiger partial charge in [-0.05, 0) is 44.6 Å². The molecule has 2 saturated carbocycles. The van der Waals surface area contributed by atoms with Gasteiger partial charge < -0.3 is 11.1 Å². The van der Waals surface area contributed by atoms with Crippen molar-refractivity contribution in [3.05, 3.63) is 35.4 Å². The second kappa shape index (κ2) is 6.41. The molecule has 3 nitrogen and oxygen atoms in total. The van der Waals surface area contributed by atoms with Crippen LogP contribution in [0.15, 0.2) is 24.3 Å². The molecule has 0 aliphatic heterocycles. The van der Waals surface area contributed by atoms with Crippen LogP contribution in [0.3, 0.4) is 0 Å². The highest BCUT2D eigenvalue weighted by molar-refractivity contribution is 5.79. The van der Waals surface area contributed by atoms with E-state index in [4.69, 9.17) is 5.73 Å². The summed E-state index contributed by atoms with van der Waals surface area (Å²) >= 11 is 0. The van der Waals surface area contributed by atoms with E-state index in [1.165, 1.54) is 36.8 Å². The molecule has 1 aromatic rings.